The smallest absolute Gasteiger partial charge is 0.403 e. The van der Waals surface area contributed by atoms with Gasteiger partial charge in [0.15, 0.2) is 5.75 Å². The molecule has 1 rings (SSSR count). The maximum atomic E-state index is 12.8. The molecule has 0 bridgehead atoms. The van der Waals surface area contributed by atoms with E-state index in [4.69, 9.17) is 5.73 Å². The lowest BCUT2D eigenvalue weighted by Gasteiger charge is -2.13. The Labute approximate surface area is 77.3 Å². The molecule has 1 aromatic carbocycles. The van der Waals surface area contributed by atoms with Crippen LogP contribution in [-0.2, 0) is 0 Å². The zero-order chi connectivity index (χ0) is 10.9. The first-order valence-corrected chi connectivity index (χ1v) is 3.61. The van der Waals surface area contributed by atoms with Gasteiger partial charge in [-0.05, 0) is 19.1 Å². The van der Waals surface area contributed by atoms with Gasteiger partial charge in [0.05, 0.1) is 5.69 Å². The predicted octanol–water partition coefficient (Wildman–Crippen LogP) is 2.61. The molecule has 0 saturated carbocycles. The van der Waals surface area contributed by atoms with Crippen LogP contribution in [0.5, 0.6) is 5.75 Å². The minimum absolute atomic E-state index is 0.249. The van der Waals surface area contributed by atoms with Crippen molar-refractivity contribution >= 4 is 5.69 Å². The van der Waals surface area contributed by atoms with E-state index < -0.39 is 17.9 Å². The third kappa shape index (κ3) is 2.27. The highest BCUT2D eigenvalue weighted by molar-refractivity contribution is 5.56. The van der Waals surface area contributed by atoms with Crippen LogP contribution in [0.1, 0.15) is 5.56 Å². The van der Waals surface area contributed by atoms with Crippen molar-refractivity contribution in [2.75, 3.05) is 5.73 Å². The second-order valence-corrected chi connectivity index (χ2v) is 2.64. The number of nitrogen functional groups attached to an aromatic ring is 1. The first kappa shape index (κ1) is 10.6. The Hall–Kier alpha value is -1.46. The Kier molecular flexibility index (Phi) is 2.55. The number of alkyl halides is 3. The highest BCUT2D eigenvalue weighted by Crippen LogP contribution is 2.32. The van der Waals surface area contributed by atoms with Gasteiger partial charge in [-0.1, -0.05) is 0 Å². The molecule has 14 heavy (non-hydrogen) atoms. The fourth-order valence-corrected chi connectivity index (χ4v) is 0.940. The third-order valence-electron chi connectivity index (χ3n) is 1.59. The Morgan fingerprint density at radius 2 is 1.86 bits per heavy atom. The summed E-state index contributed by atoms with van der Waals surface area (Å²) in [4.78, 5) is 0. The molecule has 0 aromatic heterocycles. The Morgan fingerprint density at radius 3 is 2.36 bits per heavy atom. The number of halogens is 4. The summed E-state index contributed by atoms with van der Waals surface area (Å²) < 4.78 is 51.9. The summed E-state index contributed by atoms with van der Waals surface area (Å²) in [7, 11) is 0. The van der Waals surface area contributed by atoms with Crippen LogP contribution in [0, 0.1) is 12.7 Å². The first-order chi connectivity index (χ1) is 6.31. The molecule has 0 aliphatic rings. The van der Waals surface area contributed by atoms with Gasteiger partial charge in [-0.3, -0.25) is 0 Å². The number of benzene rings is 1. The molecule has 0 aliphatic heterocycles. The van der Waals surface area contributed by atoms with Crippen molar-refractivity contribution in [1.29, 1.82) is 0 Å². The van der Waals surface area contributed by atoms with Crippen LogP contribution >= 0.6 is 0 Å². The van der Waals surface area contributed by atoms with Gasteiger partial charge in [-0.15, -0.1) is 13.2 Å². The topological polar surface area (TPSA) is 35.2 Å². The summed E-state index contributed by atoms with van der Waals surface area (Å²) in [6, 6.07) is 2.00. The lowest BCUT2D eigenvalue weighted by molar-refractivity contribution is -0.274. The average Bonchev–Trinajstić information content (AvgIpc) is 2.04. The second kappa shape index (κ2) is 3.36. The molecule has 0 fully saturated rings. The van der Waals surface area contributed by atoms with Crippen molar-refractivity contribution in [2.45, 2.75) is 13.3 Å². The van der Waals surface area contributed by atoms with Gasteiger partial charge in [0.1, 0.15) is 5.82 Å². The summed E-state index contributed by atoms with van der Waals surface area (Å²) in [6.45, 7) is 1.16. The summed E-state index contributed by atoms with van der Waals surface area (Å²) in [5.74, 6) is -1.48. The molecule has 0 radical (unpaired) electrons. The molecule has 0 amide bonds. The second-order valence-electron chi connectivity index (χ2n) is 2.64. The summed E-state index contributed by atoms with van der Waals surface area (Å²) >= 11 is 0. The van der Waals surface area contributed by atoms with E-state index >= 15 is 0 Å². The van der Waals surface area contributed by atoms with Gasteiger partial charge in [-0.25, -0.2) is 4.39 Å². The molecule has 0 spiro atoms. The zero-order valence-corrected chi connectivity index (χ0v) is 7.15. The van der Waals surface area contributed by atoms with Crippen molar-refractivity contribution in [2.24, 2.45) is 0 Å². The van der Waals surface area contributed by atoms with Crippen molar-refractivity contribution in [3.63, 3.8) is 0 Å². The predicted molar refractivity (Wildman–Crippen MR) is 42.2 cm³/mol. The highest BCUT2D eigenvalue weighted by atomic mass is 19.4. The lowest BCUT2D eigenvalue weighted by atomic mass is 10.2. The fraction of sp³-hybridized carbons (Fsp3) is 0.250. The van der Waals surface area contributed by atoms with Crippen molar-refractivity contribution in [3.05, 3.63) is 23.5 Å². The Morgan fingerprint density at radius 1 is 1.29 bits per heavy atom. The van der Waals surface area contributed by atoms with Crippen LogP contribution in [0.3, 0.4) is 0 Å². The molecule has 0 saturated heterocycles. The SMILES string of the molecule is Cc1c(F)ccc(N)c1OC(F)(F)F. The van der Waals surface area contributed by atoms with Crippen molar-refractivity contribution in [1.82, 2.24) is 0 Å². The molecular weight excluding hydrogens is 202 g/mol. The van der Waals surface area contributed by atoms with E-state index in [1.165, 1.54) is 0 Å². The van der Waals surface area contributed by atoms with Gasteiger partial charge in [0, 0.05) is 5.56 Å². The van der Waals surface area contributed by atoms with Crippen LogP contribution in [0.15, 0.2) is 12.1 Å². The Balaban J connectivity index is 3.13. The van der Waals surface area contributed by atoms with E-state index in [2.05, 4.69) is 4.74 Å². The van der Waals surface area contributed by atoms with Gasteiger partial charge < -0.3 is 10.5 Å². The van der Waals surface area contributed by atoms with Gasteiger partial charge >= 0.3 is 6.36 Å². The standard InChI is InChI=1S/C8H7F4NO/c1-4-5(9)2-3-6(13)7(4)14-8(10,11)12/h2-3H,13H2,1H3. The van der Waals surface area contributed by atoms with Crippen LogP contribution in [-0.4, -0.2) is 6.36 Å². The number of anilines is 1. The average molecular weight is 209 g/mol. The molecule has 78 valence electrons. The zero-order valence-electron chi connectivity index (χ0n) is 7.15. The summed E-state index contributed by atoms with van der Waals surface area (Å²) in [6.07, 6.45) is -4.87. The van der Waals surface area contributed by atoms with Crippen molar-refractivity contribution in [3.8, 4) is 5.75 Å². The molecule has 0 aliphatic carbocycles. The number of nitrogens with two attached hydrogens (primary N) is 1. The molecule has 0 heterocycles. The quantitative estimate of drug-likeness (QED) is 0.570. The lowest BCUT2D eigenvalue weighted by Crippen LogP contribution is -2.19. The minimum Gasteiger partial charge on any atom is -0.403 e. The van der Waals surface area contributed by atoms with E-state index in [0.29, 0.717) is 0 Å². The molecular formula is C8H7F4NO. The molecule has 0 unspecified atom stereocenters. The van der Waals surface area contributed by atoms with E-state index in [-0.39, 0.29) is 11.3 Å². The summed E-state index contributed by atoms with van der Waals surface area (Å²) in [5, 5.41) is 0. The van der Waals surface area contributed by atoms with E-state index in [9.17, 15) is 17.6 Å². The fourth-order valence-electron chi connectivity index (χ4n) is 0.940. The number of rotatable bonds is 1. The van der Waals surface area contributed by atoms with Gasteiger partial charge in [0.25, 0.3) is 0 Å². The molecule has 2 nitrogen and oxygen atoms in total. The molecule has 2 N–H and O–H groups in total. The number of ether oxygens (including phenoxy) is 1. The van der Waals surface area contributed by atoms with Crippen LogP contribution in [0.2, 0.25) is 0 Å². The van der Waals surface area contributed by atoms with Crippen LogP contribution in [0.4, 0.5) is 23.2 Å². The largest absolute Gasteiger partial charge is 0.573 e. The highest BCUT2D eigenvalue weighted by Gasteiger charge is 2.33. The first-order valence-electron chi connectivity index (χ1n) is 3.61. The molecule has 6 heteroatoms. The maximum Gasteiger partial charge on any atom is 0.573 e. The minimum atomic E-state index is -4.87. The molecule has 0 atom stereocenters. The van der Waals surface area contributed by atoms with E-state index in [1.807, 2.05) is 0 Å². The van der Waals surface area contributed by atoms with Crippen LogP contribution < -0.4 is 10.5 Å². The number of hydrogen-bond acceptors (Lipinski definition) is 2. The van der Waals surface area contributed by atoms with E-state index in [1.54, 1.807) is 0 Å². The van der Waals surface area contributed by atoms with Gasteiger partial charge in [0.2, 0.25) is 0 Å². The third-order valence-corrected chi connectivity index (χ3v) is 1.59. The van der Waals surface area contributed by atoms with Crippen LogP contribution in [0.25, 0.3) is 0 Å². The maximum absolute atomic E-state index is 12.8. The monoisotopic (exact) mass is 209 g/mol. The summed E-state index contributed by atoms with van der Waals surface area (Å²) in [5.41, 5.74) is 4.70. The van der Waals surface area contributed by atoms with E-state index in [0.717, 1.165) is 19.1 Å². The number of hydrogen-bond donors (Lipinski definition) is 1. The normalized spacial score (nSPS) is 11.5. The van der Waals surface area contributed by atoms with Gasteiger partial charge in [-0.2, -0.15) is 0 Å². The van der Waals surface area contributed by atoms with Crippen molar-refractivity contribution < 1.29 is 22.3 Å². The molecule has 1 aromatic rings. The Bertz CT molecular complexity index is 348.